The van der Waals surface area contributed by atoms with Crippen molar-refractivity contribution in [3.05, 3.63) is 42.1 Å². The number of nitrogen functional groups attached to an aromatic ring is 2. The number of nitrogens with two attached hydrogens (primary N) is 2. The highest BCUT2D eigenvalue weighted by Gasteiger charge is 2.50. The predicted molar refractivity (Wildman–Crippen MR) is 109 cm³/mol. The van der Waals surface area contributed by atoms with Gasteiger partial charge in [-0.15, -0.1) is 0 Å². The van der Waals surface area contributed by atoms with Gasteiger partial charge in [0.05, 0.1) is 17.6 Å². The Morgan fingerprint density at radius 3 is 2.61 bits per heavy atom. The van der Waals surface area contributed by atoms with Gasteiger partial charge in [-0.1, -0.05) is 13.8 Å². The molecule has 1 saturated carbocycles. The third-order valence-electron chi connectivity index (χ3n) is 5.62. The second-order valence-corrected chi connectivity index (χ2v) is 8.08. The highest BCUT2D eigenvalue weighted by molar-refractivity contribution is 6.00. The van der Waals surface area contributed by atoms with Crippen LogP contribution in [0.4, 0.5) is 21.6 Å². The van der Waals surface area contributed by atoms with Crippen LogP contribution in [0.5, 0.6) is 0 Å². The van der Waals surface area contributed by atoms with Crippen LogP contribution in [0.1, 0.15) is 25.8 Å². The average molecular weight is 379 g/mol. The Bertz CT molecular complexity index is 1130. The number of benzene rings is 1. The van der Waals surface area contributed by atoms with Gasteiger partial charge in [0.15, 0.2) is 5.82 Å². The molecular formula is C21H22FN5O. The Morgan fingerprint density at radius 2 is 1.93 bits per heavy atom. The molecule has 144 valence electrons. The maximum Gasteiger partial charge on any atom is 0.229 e. The molecule has 0 aliphatic heterocycles. The summed E-state index contributed by atoms with van der Waals surface area (Å²) in [5.74, 6) is -0.191. The van der Waals surface area contributed by atoms with E-state index in [1.807, 2.05) is 6.92 Å². The Balaban J connectivity index is 1.77. The van der Waals surface area contributed by atoms with Crippen molar-refractivity contribution >= 4 is 33.9 Å². The number of aromatic nitrogens is 2. The molecule has 1 unspecified atom stereocenters. The maximum absolute atomic E-state index is 14.9. The summed E-state index contributed by atoms with van der Waals surface area (Å²) in [5, 5.41) is 4.01. The molecule has 0 radical (unpaired) electrons. The molecule has 0 saturated heterocycles. The predicted octanol–water partition coefficient (Wildman–Crippen LogP) is 3.89. The molecule has 3 aromatic rings. The lowest BCUT2D eigenvalue weighted by molar-refractivity contribution is -0.118. The molecule has 1 aliphatic rings. The van der Waals surface area contributed by atoms with Crippen molar-refractivity contribution < 1.29 is 9.18 Å². The number of fused-ring (bicyclic) bond motifs is 1. The van der Waals surface area contributed by atoms with E-state index in [1.165, 1.54) is 12.4 Å². The van der Waals surface area contributed by atoms with Gasteiger partial charge in [0.1, 0.15) is 5.82 Å². The highest BCUT2D eigenvalue weighted by Crippen LogP contribution is 2.52. The summed E-state index contributed by atoms with van der Waals surface area (Å²) in [6, 6.07) is 3.39. The molecule has 6 nitrogen and oxygen atoms in total. The van der Waals surface area contributed by atoms with Crippen LogP contribution in [0.2, 0.25) is 0 Å². The van der Waals surface area contributed by atoms with Gasteiger partial charge in [0, 0.05) is 34.8 Å². The molecule has 1 atom stereocenters. The van der Waals surface area contributed by atoms with E-state index in [4.69, 9.17) is 11.5 Å². The standard InChI is InChI=1S/C21H22FN5O/c1-10-13(7-25-9-16(10)23)12-4-11-5-17(26-8-14(11)19(24)18(12)22)27-20(28)15-6-21(15,2)3/h4-5,7-9,15H,6,23-24H2,1-3H3,(H,26,27,28). The normalized spacial score (nSPS) is 17.5. The lowest BCUT2D eigenvalue weighted by Crippen LogP contribution is -2.17. The van der Waals surface area contributed by atoms with Crippen LogP contribution in [0.15, 0.2) is 30.7 Å². The van der Waals surface area contributed by atoms with E-state index in [1.54, 1.807) is 18.3 Å². The zero-order valence-corrected chi connectivity index (χ0v) is 16.0. The first-order valence-corrected chi connectivity index (χ1v) is 9.08. The van der Waals surface area contributed by atoms with Gasteiger partial charge in [-0.3, -0.25) is 9.78 Å². The van der Waals surface area contributed by atoms with Crippen LogP contribution in [0.25, 0.3) is 21.9 Å². The zero-order chi connectivity index (χ0) is 20.2. The molecule has 1 amide bonds. The van der Waals surface area contributed by atoms with Crippen molar-refractivity contribution in [1.29, 1.82) is 0 Å². The van der Waals surface area contributed by atoms with E-state index in [-0.39, 0.29) is 22.9 Å². The van der Waals surface area contributed by atoms with E-state index in [2.05, 4.69) is 29.1 Å². The molecule has 4 rings (SSSR count). The van der Waals surface area contributed by atoms with Crippen LogP contribution in [0.3, 0.4) is 0 Å². The molecular weight excluding hydrogens is 357 g/mol. The largest absolute Gasteiger partial charge is 0.397 e. The fraction of sp³-hybridized carbons (Fsp3) is 0.286. The third-order valence-corrected chi connectivity index (χ3v) is 5.62. The first kappa shape index (κ1) is 18.2. The van der Waals surface area contributed by atoms with E-state index >= 15 is 0 Å². The number of hydrogen-bond acceptors (Lipinski definition) is 5. The summed E-state index contributed by atoms with van der Waals surface area (Å²) in [4.78, 5) is 20.7. The first-order valence-electron chi connectivity index (χ1n) is 9.08. The monoisotopic (exact) mass is 379 g/mol. The fourth-order valence-electron chi connectivity index (χ4n) is 3.50. The van der Waals surface area contributed by atoms with Gasteiger partial charge >= 0.3 is 0 Å². The van der Waals surface area contributed by atoms with Crippen LogP contribution in [0, 0.1) is 24.1 Å². The van der Waals surface area contributed by atoms with Gasteiger partial charge in [-0.25, -0.2) is 9.37 Å². The fourth-order valence-corrected chi connectivity index (χ4v) is 3.50. The molecule has 7 heteroatoms. The summed E-state index contributed by atoms with van der Waals surface area (Å²) in [6.07, 6.45) is 5.43. The topological polar surface area (TPSA) is 107 Å². The number of carbonyl (C=O) groups excluding carboxylic acids is 1. The number of nitrogens with one attached hydrogen (secondary N) is 1. The number of rotatable bonds is 3. The number of anilines is 3. The number of carbonyl (C=O) groups is 1. The van der Waals surface area contributed by atoms with Crippen molar-refractivity contribution in [2.75, 3.05) is 16.8 Å². The van der Waals surface area contributed by atoms with Gasteiger partial charge in [-0.2, -0.15) is 0 Å². The Hall–Kier alpha value is -3.22. The smallest absolute Gasteiger partial charge is 0.229 e. The van der Waals surface area contributed by atoms with Crippen LogP contribution >= 0.6 is 0 Å². The van der Waals surface area contributed by atoms with Crippen LogP contribution in [-0.2, 0) is 4.79 Å². The molecule has 2 heterocycles. The maximum atomic E-state index is 14.9. The summed E-state index contributed by atoms with van der Waals surface area (Å²) >= 11 is 0. The van der Waals surface area contributed by atoms with Crippen molar-refractivity contribution in [3.8, 4) is 11.1 Å². The molecule has 2 aromatic heterocycles. The number of amides is 1. The van der Waals surface area contributed by atoms with Crippen molar-refractivity contribution in [1.82, 2.24) is 9.97 Å². The van der Waals surface area contributed by atoms with Crippen LogP contribution in [-0.4, -0.2) is 15.9 Å². The van der Waals surface area contributed by atoms with E-state index < -0.39 is 5.82 Å². The lowest BCUT2D eigenvalue weighted by Gasteiger charge is -2.13. The molecule has 28 heavy (non-hydrogen) atoms. The van der Waals surface area contributed by atoms with Gasteiger partial charge in [0.25, 0.3) is 0 Å². The SMILES string of the molecule is Cc1c(N)cncc1-c1cc2cc(NC(=O)C3CC3(C)C)ncc2c(N)c1F. The summed E-state index contributed by atoms with van der Waals surface area (Å²) in [7, 11) is 0. The van der Waals surface area contributed by atoms with Gasteiger partial charge < -0.3 is 16.8 Å². The van der Waals surface area contributed by atoms with E-state index in [9.17, 15) is 9.18 Å². The summed E-state index contributed by atoms with van der Waals surface area (Å²) in [5.41, 5.74) is 14.1. The number of nitrogens with zero attached hydrogens (tertiary/aromatic N) is 2. The van der Waals surface area contributed by atoms with Crippen LogP contribution < -0.4 is 16.8 Å². The highest BCUT2D eigenvalue weighted by atomic mass is 19.1. The van der Waals surface area contributed by atoms with Crippen molar-refractivity contribution in [3.63, 3.8) is 0 Å². The minimum absolute atomic E-state index is 0.00280. The molecule has 1 aromatic carbocycles. The van der Waals surface area contributed by atoms with Gasteiger partial charge in [0.2, 0.25) is 5.91 Å². The van der Waals surface area contributed by atoms with Crippen molar-refractivity contribution in [2.24, 2.45) is 11.3 Å². The molecule has 5 N–H and O–H groups in total. The average Bonchev–Trinajstić information content (AvgIpc) is 3.29. The molecule has 0 spiro atoms. The van der Waals surface area contributed by atoms with Crippen molar-refractivity contribution in [2.45, 2.75) is 27.2 Å². The minimum atomic E-state index is -0.540. The number of hydrogen-bond donors (Lipinski definition) is 3. The molecule has 0 bridgehead atoms. The quantitative estimate of drug-likeness (QED) is 0.599. The Kier molecular flexibility index (Phi) is 3.99. The first-order chi connectivity index (χ1) is 13.2. The third kappa shape index (κ3) is 2.93. The number of halogens is 1. The summed E-state index contributed by atoms with van der Waals surface area (Å²) in [6.45, 7) is 5.92. The second kappa shape index (κ2) is 6.15. The lowest BCUT2D eigenvalue weighted by atomic mass is 9.97. The van der Waals surface area contributed by atoms with E-state index in [0.717, 1.165) is 12.0 Å². The van der Waals surface area contributed by atoms with Gasteiger partial charge in [-0.05, 0) is 41.8 Å². The summed E-state index contributed by atoms with van der Waals surface area (Å²) < 4.78 is 14.9. The zero-order valence-electron chi connectivity index (χ0n) is 16.0. The van der Waals surface area contributed by atoms with E-state index in [0.29, 0.717) is 33.4 Å². The minimum Gasteiger partial charge on any atom is -0.397 e. The Labute approximate surface area is 162 Å². The Morgan fingerprint density at radius 1 is 1.21 bits per heavy atom. The second-order valence-electron chi connectivity index (χ2n) is 8.08. The number of pyridine rings is 2. The molecule has 1 aliphatic carbocycles. The molecule has 1 fully saturated rings.